The van der Waals surface area contributed by atoms with Crippen LogP contribution in [0.25, 0.3) is 0 Å². The molecule has 1 saturated carbocycles. The van der Waals surface area contributed by atoms with E-state index in [-0.39, 0.29) is 23.8 Å². The third-order valence-corrected chi connectivity index (χ3v) is 6.65. The zero-order valence-corrected chi connectivity index (χ0v) is 14.9. The van der Waals surface area contributed by atoms with Crippen LogP contribution in [0.15, 0.2) is 18.2 Å². The highest BCUT2D eigenvalue weighted by Crippen LogP contribution is 2.52. The molecule has 3 atom stereocenters. The molecule has 2 aliphatic carbocycles. The fraction of sp³-hybridized carbons (Fsp3) is 0.650. The predicted molar refractivity (Wildman–Crippen MR) is 95.5 cm³/mol. The number of amides is 1. The smallest absolute Gasteiger partial charge is 0.218 e. The number of carbonyl (C=O) groups excluding carboxylic acids is 1. The zero-order valence-electron chi connectivity index (χ0n) is 14.9. The van der Waals surface area contributed by atoms with E-state index in [2.05, 4.69) is 17.0 Å². The van der Waals surface area contributed by atoms with Crippen LogP contribution in [-0.4, -0.2) is 48.8 Å². The van der Waals surface area contributed by atoms with Gasteiger partial charge in [0, 0.05) is 36.9 Å². The van der Waals surface area contributed by atoms with Crippen molar-refractivity contribution in [1.82, 2.24) is 4.90 Å². The van der Waals surface area contributed by atoms with Gasteiger partial charge in [-0.2, -0.15) is 0 Å². The molecular weight excluding hydrogens is 316 g/mol. The molecule has 0 spiro atoms. The van der Waals surface area contributed by atoms with Gasteiger partial charge < -0.3 is 15.6 Å². The van der Waals surface area contributed by atoms with Crippen molar-refractivity contribution in [1.29, 1.82) is 0 Å². The summed E-state index contributed by atoms with van der Waals surface area (Å²) in [5, 5.41) is 10.3. The molecule has 1 aliphatic heterocycles. The first kappa shape index (κ1) is 16.9. The molecule has 1 heterocycles. The lowest BCUT2D eigenvalue weighted by atomic mass is 9.56. The molecule has 0 unspecified atom stereocenters. The molecule has 1 aromatic rings. The summed E-state index contributed by atoms with van der Waals surface area (Å²) in [6.45, 7) is 2.19. The SMILES string of the molecule is COc1ccc2c(c1)[C@@]1(CC(N)=O)CCN(CC3CC3)[C@H](C2)[C@@H]1CO. The highest BCUT2D eigenvalue weighted by molar-refractivity contribution is 5.76. The van der Waals surface area contributed by atoms with Gasteiger partial charge in [-0.1, -0.05) is 6.07 Å². The molecule has 0 radical (unpaired) electrons. The second-order valence-electron chi connectivity index (χ2n) is 8.07. The fourth-order valence-electron chi connectivity index (χ4n) is 5.25. The van der Waals surface area contributed by atoms with Crippen LogP contribution in [0.1, 0.15) is 36.8 Å². The topological polar surface area (TPSA) is 75.8 Å². The number of methoxy groups -OCH3 is 1. The number of carbonyl (C=O) groups is 1. The molecule has 3 aliphatic rings. The highest BCUT2D eigenvalue weighted by atomic mass is 16.5. The summed E-state index contributed by atoms with van der Waals surface area (Å²) in [5.74, 6) is 1.38. The fourth-order valence-corrected chi connectivity index (χ4v) is 5.25. The number of hydrogen-bond donors (Lipinski definition) is 2. The molecule has 2 fully saturated rings. The maximum absolute atomic E-state index is 12.0. The van der Waals surface area contributed by atoms with Gasteiger partial charge in [0.05, 0.1) is 7.11 Å². The first-order chi connectivity index (χ1) is 12.1. The van der Waals surface area contributed by atoms with Crippen LogP contribution in [-0.2, 0) is 16.6 Å². The van der Waals surface area contributed by atoms with E-state index >= 15 is 0 Å². The Morgan fingerprint density at radius 3 is 2.88 bits per heavy atom. The van der Waals surface area contributed by atoms with Crippen molar-refractivity contribution < 1.29 is 14.6 Å². The second-order valence-corrected chi connectivity index (χ2v) is 8.07. The Morgan fingerprint density at radius 1 is 1.44 bits per heavy atom. The number of benzene rings is 1. The van der Waals surface area contributed by atoms with Crippen molar-refractivity contribution in [3.05, 3.63) is 29.3 Å². The van der Waals surface area contributed by atoms with Gasteiger partial charge in [0.25, 0.3) is 0 Å². The maximum Gasteiger partial charge on any atom is 0.218 e. The third-order valence-electron chi connectivity index (χ3n) is 6.65. The minimum Gasteiger partial charge on any atom is -0.497 e. The molecule has 3 N–H and O–H groups in total. The predicted octanol–water partition coefficient (Wildman–Crippen LogP) is 1.46. The number of aliphatic hydroxyl groups excluding tert-OH is 1. The molecule has 136 valence electrons. The van der Waals surface area contributed by atoms with E-state index in [4.69, 9.17) is 10.5 Å². The van der Waals surface area contributed by atoms with E-state index in [1.807, 2.05) is 6.07 Å². The number of aliphatic hydroxyl groups is 1. The number of likely N-dealkylation sites (tertiary alicyclic amines) is 1. The average Bonchev–Trinajstić information content (AvgIpc) is 3.40. The number of rotatable bonds is 6. The Bertz CT molecular complexity index is 673. The van der Waals surface area contributed by atoms with E-state index in [9.17, 15) is 9.90 Å². The summed E-state index contributed by atoms with van der Waals surface area (Å²) in [7, 11) is 1.66. The molecule has 4 rings (SSSR count). The molecule has 2 bridgehead atoms. The van der Waals surface area contributed by atoms with E-state index in [1.54, 1.807) is 7.11 Å². The van der Waals surface area contributed by atoms with E-state index in [1.165, 1.54) is 18.4 Å². The molecule has 0 aromatic heterocycles. The van der Waals surface area contributed by atoms with Crippen molar-refractivity contribution in [3.8, 4) is 5.75 Å². The minimum atomic E-state index is -0.368. The molecule has 1 saturated heterocycles. The van der Waals surface area contributed by atoms with E-state index in [0.29, 0.717) is 12.5 Å². The van der Waals surface area contributed by atoms with Gasteiger partial charge in [-0.15, -0.1) is 0 Å². The summed E-state index contributed by atoms with van der Waals surface area (Å²) in [6, 6.07) is 6.48. The second kappa shape index (κ2) is 6.29. The summed E-state index contributed by atoms with van der Waals surface area (Å²) < 4.78 is 5.43. The normalized spacial score (nSPS) is 31.4. The number of nitrogens with zero attached hydrogens (tertiary/aromatic N) is 1. The van der Waals surface area contributed by atoms with Crippen molar-refractivity contribution in [2.45, 2.75) is 43.6 Å². The molecule has 5 nitrogen and oxygen atoms in total. The van der Waals surface area contributed by atoms with E-state index < -0.39 is 0 Å². The van der Waals surface area contributed by atoms with Gasteiger partial charge in [0.15, 0.2) is 0 Å². The number of primary amides is 1. The molecular formula is C20H28N2O3. The van der Waals surface area contributed by atoms with Crippen LogP contribution >= 0.6 is 0 Å². The zero-order chi connectivity index (χ0) is 17.6. The number of piperidine rings is 1. The van der Waals surface area contributed by atoms with Crippen molar-refractivity contribution in [3.63, 3.8) is 0 Å². The Morgan fingerprint density at radius 2 is 2.24 bits per heavy atom. The van der Waals surface area contributed by atoms with Crippen LogP contribution in [0, 0.1) is 11.8 Å². The van der Waals surface area contributed by atoms with Crippen molar-refractivity contribution >= 4 is 5.91 Å². The van der Waals surface area contributed by atoms with Crippen LogP contribution in [0.2, 0.25) is 0 Å². The van der Waals surface area contributed by atoms with Gasteiger partial charge in [-0.25, -0.2) is 0 Å². The average molecular weight is 344 g/mol. The minimum absolute atomic E-state index is 0.0482. The summed E-state index contributed by atoms with van der Waals surface area (Å²) in [4.78, 5) is 14.5. The van der Waals surface area contributed by atoms with Crippen LogP contribution in [0.4, 0.5) is 0 Å². The Hall–Kier alpha value is -1.59. The monoisotopic (exact) mass is 344 g/mol. The quantitative estimate of drug-likeness (QED) is 0.819. The Kier molecular flexibility index (Phi) is 4.24. The third kappa shape index (κ3) is 2.83. The first-order valence-corrected chi connectivity index (χ1v) is 9.38. The molecule has 1 aromatic carbocycles. The van der Waals surface area contributed by atoms with Crippen molar-refractivity contribution in [2.24, 2.45) is 17.6 Å². The maximum atomic E-state index is 12.0. The lowest BCUT2D eigenvalue weighted by molar-refractivity contribution is -0.122. The molecule has 5 heteroatoms. The summed E-state index contributed by atoms with van der Waals surface area (Å²) in [6.07, 6.45) is 4.74. The number of nitrogens with two attached hydrogens (primary N) is 1. The van der Waals surface area contributed by atoms with Crippen LogP contribution < -0.4 is 10.5 Å². The summed E-state index contributed by atoms with van der Waals surface area (Å²) in [5.41, 5.74) is 7.73. The number of fused-ring (bicyclic) bond motifs is 4. The van der Waals surface area contributed by atoms with Gasteiger partial charge in [0.2, 0.25) is 5.91 Å². The number of ether oxygens (including phenoxy) is 1. The summed E-state index contributed by atoms with van der Waals surface area (Å²) >= 11 is 0. The Balaban J connectivity index is 1.78. The van der Waals surface area contributed by atoms with E-state index in [0.717, 1.165) is 43.2 Å². The van der Waals surface area contributed by atoms with Gasteiger partial charge in [0.1, 0.15) is 5.75 Å². The first-order valence-electron chi connectivity index (χ1n) is 9.38. The van der Waals surface area contributed by atoms with Gasteiger partial charge >= 0.3 is 0 Å². The van der Waals surface area contributed by atoms with Crippen LogP contribution in [0.5, 0.6) is 5.75 Å². The lowest BCUT2D eigenvalue weighted by Crippen LogP contribution is -2.62. The molecule has 25 heavy (non-hydrogen) atoms. The largest absolute Gasteiger partial charge is 0.497 e. The van der Waals surface area contributed by atoms with Gasteiger partial charge in [-0.05, 0) is 61.4 Å². The van der Waals surface area contributed by atoms with Crippen LogP contribution in [0.3, 0.4) is 0 Å². The Labute approximate surface area is 149 Å². The number of hydrogen-bond acceptors (Lipinski definition) is 4. The van der Waals surface area contributed by atoms with Gasteiger partial charge in [-0.3, -0.25) is 9.69 Å². The van der Waals surface area contributed by atoms with Crippen molar-refractivity contribution in [2.75, 3.05) is 26.8 Å². The standard InChI is InChI=1S/C20H28N2O3/c1-25-15-5-4-14-8-18-17(12-23)20(10-19(21)24,16(14)9-15)6-7-22(18)11-13-2-3-13/h4-5,9,13,17-18,23H,2-3,6-8,10-12H2,1H3,(H2,21,24)/t17-,18+,20-/m0/s1. The highest BCUT2D eigenvalue weighted by Gasteiger charge is 2.54. The lowest BCUT2D eigenvalue weighted by Gasteiger charge is -2.56. The molecule has 1 amide bonds.